The highest BCUT2D eigenvalue weighted by atomic mass is 32.2. The summed E-state index contributed by atoms with van der Waals surface area (Å²) >= 11 is 1.67. The first kappa shape index (κ1) is 11.0. The molecule has 0 bridgehead atoms. The lowest BCUT2D eigenvalue weighted by atomic mass is 10.0. The highest BCUT2D eigenvalue weighted by Crippen LogP contribution is 2.37. The Labute approximate surface area is 94.2 Å². The first-order valence-corrected chi connectivity index (χ1v) is 6.47. The number of hydrogen-bond acceptors (Lipinski definition) is 2. The van der Waals surface area contributed by atoms with Crippen LogP contribution in [0.25, 0.3) is 0 Å². The van der Waals surface area contributed by atoms with Gasteiger partial charge in [0.05, 0.1) is 0 Å². The molecule has 1 aliphatic rings. The molecule has 0 amide bonds. The first-order valence-electron chi connectivity index (χ1n) is 5.24. The third-order valence-electron chi connectivity index (χ3n) is 3.03. The molecule has 0 aliphatic heterocycles. The van der Waals surface area contributed by atoms with Crippen molar-refractivity contribution in [3.8, 4) is 0 Å². The number of hydrogen-bond donors (Lipinski definition) is 1. The molecule has 15 heavy (non-hydrogen) atoms. The monoisotopic (exact) mass is 225 g/mol. The molecule has 0 atom stereocenters. The Morgan fingerprint density at radius 2 is 2.20 bits per heavy atom. The zero-order valence-electron chi connectivity index (χ0n) is 8.92. The van der Waals surface area contributed by atoms with Crippen molar-refractivity contribution in [2.24, 2.45) is 5.73 Å². The van der Waals surface area contributed by atoms with Crippen LogP contribution in [0, 0.1) is 5.82 Å². The largest absolute Gasteiger partial charge is 0.325 e. The minimum atomic E-state index is -0.148. The van der Waals surface area contributed by atoms with Crippen molar-refractivity contribution in [1.82, 2.24) is 0 Å². The second kappa shape index (κ2) is 4.14. The van der Waals surface area contributed by atoms with E-state index in [1.807, 2.05) is 12.3 Å². The quantitative estimate of drug-likeness (QED) is 0.797. The molecule has 2 N–H and O–H groups in total. The van der Waals surface area contributed by atoms with Gasteiger partial charge in [-0.15, -0.1) is 11.8 Å². The maximum Gasteiger partial charge on any atom is 0.123 e. The minimum Gasteiger partial charge on any atom is -0.325 e. The number of aryl methyl sites for hydroxylation is 1. The van der Waals surface area contributed by atoms with Gasteiger partial charge >= 0.3 is 0 Å². The maximum absolute atomic E-state index is 13.1. The number of halogens is 1. The van der Waals surface area contributed by atoms with Crippen LogP contribution in [0.3, 0.4) is 0 Å². The molecular weight excluding hydrogens is 209 g/mol. The summed E-state index contributed by atoms with van der Waals surface area (Å²) in [7, 11) is 0. The van der Waals surface area contributed by atoms with Crippen LogP contribution in [0.1, 0.15) is 24.8 Å². The molecule has 1 aliphatic carbocycles. The van der Waals surface area contributed by atoms with Gasteiger partial charge in [-0.25, -0.2) is 4.39 Å². The lowest BCUT2D eigenvalue weighted by Gasteiger charge is -2.11. The molecule has 3 heteroatoms. The van der Waals surface area contributed by atoms with E-state index >= 15 is 0 Å². The lowest BCUT2D eigenvalue weighted by molar-refractivity contribution is 0.595. The summed E-state index contributed by atoms with van der Waals surface area (Å²) in [4.78, 5) is 1.17. The van der Waals surface area contributed by atoms with Crippen LogP contribution in [0.2, 0.25) is 0 Å². The summed E-state index contributed by atoms with van der Waals surface area (Å²) in [6.07, 6.45) is 6.13. The molecule has 0 heterocycles. The first-order chi connectivity index (χ1) is 7.13. The summed E-state index contributed by atoms with van der Waals surface area (Å²) in [6.45, 7) is 0. The predicted molar refractivity (Wildman–Crippen MR) is 62.7 cm³/mol. The van der Waals surface area contributed by atoms with Gasteiger partial charge in [0.1, 0.15) is 5.82 Å². The number of rotatable bonds is 4. The second-order valence-corrected chi connectivity index (χ2v) is 5.17. The zero-order chi connectivity index (χ0) is 10.9. The summed E-state index contributed by atoms with van der Waals surface area (Å²) < 4.78 is 13.1. The molecule has 1 fully saturated rings. The Morgan fingerprint density at radius 1 is 1.47 bits per heavy atom. The molecule has 0 unspecified atom stereocenters. The van der Waals surface area contributed by atoms with Gasteiger partial charge in [-0.1, -0.05) is 0 Å². The van der Waals surface area contributed by atoms with Crippen LogP contribution < -0.4 is 5.73 Å². The Balaban J connectivity index is 2.08. The Hall–Kier alpha value is -0.540. The number of thioether (sulfide) groups is 1. The minimum absolute atomic E-state index is 0.0575. The van der Waals surface area contributed by atoms with E-state index in [0.29, 0.717) is 0 Å². The molecular formula is C12H16FNS. The van der Waals surface area contributed by atoms with Gasteiger partial charge in [0, 0.05) is 10.4 Å². The van der Waals surface area contributed by atoms with Crippen molar-refractivity contribution in [2.45, 2.75) is 36.1 Å². The third kappa shape index (κ3) is 2.73. The van der Waals surface area contributed by atoms with E-state index in [9.17, 15) is 4.39 Å². The highest BCUT2D eigenvalue weighted by Gasteiger charge is 2.37. The van der Waals surface area contributed by atoms with E-state index in [1.165, 1.54) is 11.0 Å². The van der Waals surface area contributed by atoms with Gasteiger partial charge < -0.3 is 5.73 Å². The summed E-state index contributed by atoms with van der Waals surface area (Å²) in [6, 6.07) is 5.01. The van der Waals surface area contributed by atoms with Crippen LogP contribution in [0.4, 0.5) is 4.39 Å². The van der Waals surface area contributed by atoms with E-state index in [-0.39, 0.29) is 11.4 Å². The van der Waals surface area contributed by atoms with Crippen LogP contribution >= 0.6 is 11.8 Å². The summed E-state index contributed by atoms with van der Waals surface area (Å²) in [5.74, 6) is -0.148. The fourth-order valence-electron chi connectivity index (χ4n) is 1.74. The maximum atomic E-state index is 13.1. The SMILES string of the molecule is CSc1ccc(F)cc1CCC1(N)CC1. The van der Waals surface area contributed by atoms with Gasteiger partial charge in [-0.05, 0) is 55.7 Å². The van der Waals surface area contributed by atoms with E-state index in [4.69, 9.17) is 5.73 Å². The van der Waals surface area contributed by atoms with Crippen molar-refractivity contribution in [2.75, 3.05) is 6.26 Å². The molecule has 1 nitrogen and oxygen atoms in total. The molecule has 0 spiro atoms. The Morgan fingerprint density at radius 3 is 2.80 bits per heavy atom. The van der Waals surface area contributed by atoms with Gasteiger partial charge in [-0.2, -0.15) is 0 Å². The van der Waals surface area contributed by atoms with Crippen molar-refractivity contribution in [1.29, 1.82) is 0 Å². The van der Waals surface area contributed by atoms with E-state index in [0.717, 1.165) is 31.2 Å². The number of nitrogens with two attached hydrogens (primary N) is 1. The molecule has 1 saturated carbocycles. The van der Waals surface area contributed by atoms with Crippen molar-refractivity contribution < 1.29 is 4.39 Å². The average Bonchev–Trinajstić information content (AvgIpc) is 2.95. The molecule has 1 aromatic carbocycles. The Kier molecular flexibility index (Phi) is 3.03. The summed E-state index contributed by atoms with van der Waals surface area (Å²) in [5.41, 5.74) is 7.18. The van der Waals surface area contributed by atoms with Gasteiger partial charge in [0.2, 0.25) is 0 Å². The van der Waals surface area contributed by atoms with Crippen LogP contribution in [0.15, 0.2) is 23.1 Å². The van der Waals surface area contributed by atoms with Crippen LogP contribution in [-0.4, -0.2) is 11.8 Å². The molecule has 82 valence electrons. The number of benzene rings is 1. The van der Waals surface area contributed by atoms with Crippen molar-refractivity contribution >= 4 is 11.8 Å². The molecule has 2 rings (SSSR count). The molecule has 0 aromatic heterocycles. The second-order valence-electron chi connectivity index (χ2n) is 4.32. The highest BCUT2D eigenvalue weighted by molar-refractivity contribution is 7.98. The smallest absolute Gasteiger partial charge is 0.123 e. The van der Waals surface area contributed by atoms with E-state index in [1.54, 1.807) is 17.8 Å². The van der Waals surface area contributed by atoms with Gasteiger partial charge in [-0.3, -0.25) is 0 Å². The average molecular weight is 225 g/mol. The lowest BCUT2D eigenvalue weighted by Crippen LogP contribution is -2.22. The molecule has 0 saturated heterocycles. The molecule has 1 aromatic rings. The van der Waals surface area contributed by atoms with Crippen LogP contribution in [-0.2, 0) is 6.42 Å². The zero-order valence-corrected chi connectivity index (χ0v) is 9.74. The normalized spacial score (nSPS) is 17.8. The van der Waals surface area contributed by atoms with Crippen LogP contribution in [0.5, 0.6) is 0 Å². The van der Waals surface area contributed by atoms with Crippen molar-refractivity contribution in [3.05, 3.63) is 29.6 Å². The standard InChI is InChI=1S/C12H16FNS/c1-15-11-3-2-10(13)8-9(11)4-5-12(14)6-7-12/h2-3,8H,4-7,14H2,1H3. The third-order valence-corrected chi connectivity index (χ3v) is 3.87. The topological polar surface area (TPSA) is 26.0 Å². The predicted octanol–water partition coefficient (Wildman–Crippen LogP) is 2.97. The summed E-state index contributed by atoms with van der Waals surface area (Å²) in [5, 5.41) is 0. The molecule has 0 radical (unpaired) electrons. The fourth-order valence-corrected chi connectivity index (χ4v) is 2.36. The fraction of sp³-hybridized carbons (Fsp3) is 0.500. The van der Waals surface area contributed by atoms with E-state index < -0.39 is 0 Å². The van der Waals surface area contributed by atoms with Crippen molar-refractivity contribution in [3.63, 3.8) is 0 Å². The van der Waals surface area contributed by atoms with E-state index in [2.05, 4.69) is 0 Å². The Bertz CT molecular complexity index is 361. The van der Waals surface area contributed by atoms with Gasteiger partial charge in [0.15, 0.2) is 0 Å². The van der Waals surface area contributed by atoms with Gasteiger partial charge in [0.25, 0.3) is 0 Å².